The van der Waals surface area contributed by atoms with Crippen LogP contribution in [-0.2, 0) is 0 Å². The SMILES string of the molecule is Cl.Nc1ccn([C@@H]2S[C@H](CO)[C@@H](O)[C@@H]2F)c(=O)n1. The molecule has 1 aromatic heterocycles. The van der Waals surface area contributed by atoms with Crippen LogP contribution in [0, 0.1) is 0 Å². The van der Waals surface area contributed by atoms with Gasteiger partial charge in [-0.05, 0) is 6.07 Å². The van der Waals surface area contributed by atoms with E-state index in [2.05, 4.69) is 4.98 Å². The van der Waals surface area contributed by atoms with Gasteiger partial charge in [-0.25, -0.2) is 9.18 Å². The summed E-state index contributed by atoms with van der Waals surface area (Å²) in [4.78, 5) is 15.0. The zero-order valence-electron chi connectivity index (χ0n) is 9.14. The minimum absolute atomic E-state index is 0. The van der Waals surface area contributed by atoms with E-state index in [9.17, 15) is 14.3 Å². The van der Waals surface area contributed by atoms with E-state index in [4.69, 9.17) is 10.8 Å². The number of halogens is 2. The zero-order chi connectivity index (χ0) is 12.6. The largest absolute Gasteiger partial charge is 0.395 e. The first kappa shape index (κ1) is 15.2. The van der Waals surface area contributed by atoms with Crippen LogP contribution in [0.5, 0.6) is 0 Å². The third kappa shape index (κ3) is 2.61. The number of nitrogens with zero attached hydrogens (tertiary/aromatic N) is 2. The molecule has 4 atom stereocenters. The van der Waals surface area contributed by atoms with Crippen molar-refractivity contribution in [1.82, 2.24) is 9.55 Å². The van der Waals surface area contributed by atoms with Crippen LogP contribution in [0.15, 0.2) is 17.1 Å². The van der Waals surface area contributed by atoms with Gasteiger partial charge in [-0.3, -0.25) is 4.57 Å². The van der Waals surface area contributed by atoms with E-state index in [1.54, 1.807) is 0 Å². The summed E-state index contributed by atoms with van der Waals surface area (Å²) in [6.07, 6.45) is -1.58. The molecule has 0 radical (unpaired) electrons. The fraction of sp³-hybridized carbons (Fsp3) is 0.556. The molecule has 2 heterocycles. The highest BCUT2D eigenvalue weighted by molar-refractivity contribution is 8.00. The molecule has 1 aliphatic rings. The fourth-order valence-corrected chi connectivity index (χ4v) is 3.06. The molecule has 0 spiro atoms. The average molecular weight is 298 g/mol. The second kappa shape index (κ2) is 5.87. The Morgan fingerprint density at radius 1 is 1.61 bits per heavy atom. The number of nitrogen functional groups attached to an aromatic ring is 1. The zero-order valence-corrected chi connectivity index (χ0v) is 10.8. The van der Waals surface area contributed by atoms with Gasteiger partial charge in [0.15, 0.2) is 6.17 Å². The van der Waals surface area contributed by atoms with Crippen LogP contribution in [0.3, 0.4) is 0 Å². The molecule has 0 bridgehead atoms. The number of alkyl halides is 1. The molecule has 1 aromatic rings. The van der Waals surface area contributed by atoms with Gasteiger partial charge in [-0.15, -0.1) is 24.2 Å². The summed E-state index contributed by atoms with van der Waals surface area (Å²) in [5, 5.41) is 17.0. The fourth-order valence-electron chi connectivity index (χ4n) is 1.70. The lowest BCUT2D eigenvalue weighted by molar-refractivity contribution is 0.0631. The van der Waals surface area contributed by atoms with Crippen molar-refractivity contribution >= 4 is 30.0 Å². The summed E-state index contributed by atoms with van der Waals surface area (Å²) in [5.41, 5.74) is 4.66. The third-order valence-electron chi connectivity index (χ3n) is 2.60. The molecule has 0 saturated carbocycles. The molecule has 102 valence electrons. The predicted octanol–water partition coefficient (Wildman–Crippen LogP) is -0.447. The second-order valence-corrected chi connectivity index (χ2v) is 5.09. The first-order chi connectivity index (χ1) is 8.04. The Bertz CT molecular complexity index is 475. The molecule has 1 fully saturated rings. The van der Waals surface area contributed by atoms with Crippen molar-refractivity contribution in [2.75, 3.05) is 12.3 Å². The lowest BCUT2D eigenvalue weighted by atomic mass is 10.1. The van der Waals surface area contributed by atoms with Crippen LogP contribution in [-0.4, -0.2) is 43.9 Å². The standard InChI is InChI=1S/C9H12FN3O3S.ClH/c10-6-7(15)4(3-14)17-8(6)13-2-1-5(11)12-9(13)16;/h1-2,4,6-8,14-15H,3H2,(H2,11,12,16);1H/t4-,6+,7-,8-;/m1./s1. The van der Waals surface area contributed by atoms with E-state index >= 15 is 0 Å². The number of rotatable bonds is 2. The molecule has 0 amide bonds. The number of aliphatic hydroxyl groups is 2. The Morgan fingerprint density at radius 3 is 2.78 bits per heavy atom. The van der Waals surface area contributed by atoms with Crippen molar-refractivity contribution < 1.29 is 14.6 Å². The number of thioether (sulfide) groups is 1. The van der Waals surface area contributed by atoms with E-state index in [0.29, 0.717) is 0 Å². The molecule has 0 unspecified atom stereocenters. The van der Waals surface area contributed by atoms with Gasteiger partial charge in [-0.2, -0.15) is 4.98 Å². The van der Waals surface area contributed by atoms with Crippen molar-refractivity contribution in [2.24, 2.45) is 0 Å². The van der Waals surface area contributed by atoms with Gasteiger partial charge >= 0.3 is 5.69 Å². The normalized spacial score (nSPS) is 31.1. The maximum atomic E-state index is 13.8. The Hall–Kier alpha value is -0.830. The number of hydrogen-bond acceptors (Lipinski definition) is 6. The molecule has 2 rings (SSSR count). The summed E-state index contributed by atoms with van der Waals surface area (Å²) in [7, 11) is 0. The maximum absolute atomic E-state index is 13.8. The average Bonchev–Trinajstić information content (AvgIpc) is 2.57. The molecule has 0 aromatic carbocycles. The number of aliphatic hydroxyl groups excluding tert-OH is 2. The highest BCUT2D eigenvalue weighted by Gasteiger charge is 2.44. The van der Waals surface area contributed by atoms with E-state index in [-0.39, 0.29) is 24.8 Å². The lowest BCUT2D eigenvalue weighted by Gasteiger charge is -2.15. The van der Waals surface area contributed by atoms with Gasteiger partial charge in [-0.1, -0.05) is 0 Å². The first-order valence-electron chi connectivity index (χ1n) is 4.97. The van der Waals surface area contributed by atoms with Crippen LogP contribution in [0.2, 0.25) is 0 Å². The summed E-state index contributed by atoms with van der Waals surface area (Å²) in [5.74, 6) is 0.0592. The molecular formula is C9H13ClFN3O3S. The molecule has 9 heteroatoms. The molecular weight excluding hydrogens is 285 g/mol. The first-order valence-corrected chi connectivity index (χ1v) is 5.92. The van der Waals surface area contributed by atoms with Crippen molar-refractivity contribution in [3.8, 4) is 0 Å². The van der Waals surface area contributed by atoms with Crippen LogP contribution >= 0.6 is 24.2 Å². The van der Waals surface area contributed by atoms with Gasteiger partial charge in [0.05, 0.1) is 11.9 Å². The van der Waals surface area contributed by atoms with E-state index in [1.807, 2.05) is 0 Å². The Morgan fingerprint density at radius 2 is 2.28 bits per heavy atom. The molecule has 1 aliphatic heterocycles. The molecule has 6 nitrogen and oxygen atoms in total. The van der Waals surface area contributed by atoms with Crippen LogP contribution in [0.4, 0.5) is 10.2 Å². The maximum Gasteiger partial charge on any atom is 0.350 e. The van der Waals surface area contributed by atoms with Gasteiger partial charge in [0, 0.05) is 6.20 Å². The van der Waals surface area contributed by atoms with Crippen molar-refractivity contribution in [3.63, 3.8) is 0 Å². The van der Waals surface area contributed by atoms with Gasteiger partial charge in [0.25, 0.3) is 0 Å². The summed E-state index contributed by atoms with van der Waals surface area (Å²) in [6.45, 7) is -0.347. The summed E-state index contributed by atoms with van der Waals surface area (Å²) in [6, 6.07) is 1.38. The second-order valence-electron chi connectivity index (χ2n) is 3.72. The smallest absolute Gasteiger partial charge is 0.350 e. The van der Waals surface area contributed by atoms with E-state index in [0.717, 1.165) is 16.3 Å². The van der Waals surface area contributed by atoms with Crippen molar-refractivity contribution in [3.05, 3.63) is 22.7 Å². The van der Waals surface area contributed by atoms with E-state index in [1.165, 1.54) is 12.3 Å². The highest BCUT2D eigenvalue weighted by atomic mass is 35.5. The topological polar surface area (TPSA) is 101 Å². The van der Waals surface area contributed by atoms with E-state index < -0.39 is 28.6 Å². The van der Waals surface area contributed by atoms with Gasteiger partial charge < -0.3 is 15.9 Å². The molecule has 18 heavy (non-hydrogen) atoms. The van der Waals surface area contributed by atoms with Crippen LogP contribution in [0.25, 0.3) is 0 Å². The lowest BCUT2D eigenvalue weighted by Crippen LogP contribution is -2.33. The minimum Gasteiger partial charge on any atom is -0.395 e. The summed E-state index contributed by atoms with van der Waals surface area (Å²) >= 11 is 1.01. The molecule has 1 saturated heterocycles. The minimum atomic E-state index is -1.62. The summed E-state index contributed by atoms with van der Waals surface area (Å²) < 4.78 is 14.9. The number of aromatic nitrogens is 2. The van der Waals surface area contributed by atoms with Crippen LogP contribution < -0.4 is 11.4 Å². The van der Waals surface area contributed by atoms with Gasteiger partial charge in [0.2, 0.25) is 0 Å². The van der Waals surface area contributed by atoms with Crippen molar-refractivity contribution in [2.45, 2.75) is 22.9 Å². The quantitative estimate of drug-likeness (QED) is 0.684. The number of hydrogen-bond donors (Lipinski definition) is 3. The third-order valence-corrected chi connectivity index (χ3v) is 4.14. The monoisotopic (exact) mass is 297 g/mol. The van der Waals surface area contributed by atoms with Crippen LogP contribution in [0.1, 0.15) is 5.37 Å². The van der Waals surface area contributed by atoms with Gasteiger partial charge in [0.1, 0.15) is 17.3 Å². The Balaban J connectivity index is 0.00000162. The highest BCUT2D eigenvalue weighted by Crippen LogP contribution is 2.42. The van der Waals surface area contributed by atoms with Crippen molar-refractivity contribution in [1.29, 1.82) is 0 Å². The molecule has 0 aliphatic carbocycles. The molecule has 4 N–H and O–H groups in total. The number of anilines is 1. The number of nitrogens with two attached hydrogens (primary N) is 1. The Kier molecular flexibility index (Phi) is 4.97. The Labute approximate surface area is 112 Å². The predicted molar refractivity (Wildman–Crippen MR) is 68.6 cm³/mol.